The summed E-state index contributed by atoms with van der Waals surface area (Å²) in [4.78, 5) is 33.6. The lowest BCUT2D eigenvalue weighted by molar-refractivity contribution is -0.133. The number of carbonyl (C=O) groups excluding carboxylic acids is 2. The minimum Gasteiger partial charge on any atom is -0.390 e. The number of piperidine rings is 1. The number of anilines is 1. The number of β-amino-alcohol motifs (C(OH)–C–C–N with tert-alkyl or cyclic N) is 1. The number of nitrogens with zero attached hydrogens (tertiary/aromatic N) is 4. The maximum atomic E-state index is 13.2. The van der Waals surface area contributed by atoms with Crippen molar-refractivity contribution in [2.24, 2.45) is 5.92 Å². The van der Waals surface area contributed by atoms with Crippen molar-refractivity contribution in [2.75, 3.05) is 58.3 Å². The molecule has 0 saturated carbocycles. The van der Waals surface area contributed by atoms with Gasteiger partial charge in [-0.2, -0.15) is 0 Å². The van der Waals surface area contributed by atoms with E-state index in [-0.39, 0.29) is 17.7 Å². The quantitative estimate of drug-likeness (QED) is 0.674. The topological polar surface area (TPSA) is 67.3 Å². The number of amides is 2. The molecule has 1 saturated heterocycles. The van der Waals surface area contributed by atoms with E-state index in [1.54, 1.807) is 4.90 Å². The Labute approximate surface area is 214 Å². The lowest BCUT2D eigenvalue weighted by Gasteiger charge is -2.36. The van der Waals surface area contributed by atoms with E-state index in [1.807, 2.05) is 31.1 Å². The van der Waals surface area contributed by atoms with Crippen LogP contribution in [-0.4, -0.2) is 91.1 Å². The highest BCUT2D eigenvalue weighted by Crippen LogP contribution is 2.29. The van der Waals surface area contributed by atoms with E-state index >= 15 is 0 Å². The van der Waals surface area contributed by atoms with Gasteiger partial charge in [-0.1, -0.05) is 24.3 Å². The van der Waals surface area contributed by atoms with Gasteiger partial charge in [-0.05, 0) is 60.6 Å². The molecule has 2 aromatic rings. The van der Waals surface area contributed by atoms with Crippen LogP contribution in [0.15, 0.2) is 42.5 Å². The molecule has 0 unspecified atom stereocenters. The molecule has 7 nitrogen and oxygen atoms in total. The third kappa shape index (κ3) is 5.27. The molecule has 1 N–H and O–H groups in total. The minimum atomic E-state index is -0.564. The van der Waals surface area contributed by atoms with Crippen LogP contribution in [-0.2, 0) is 24.2 Å². The molecule has 192 valence electrons. The van der Waals surface area contributed by atoms with E-state index in [1.165, 1.54) is 11.1 Å². The molecule has 5 rings (SSSR count). The number of aliphatic hydroxyl groups excluding tert-OH is 1. The molecule has 3 aliphatic heterocycles. The highest BCUT2D eigenvalue weighted by Gasteiger charge is 2.29. The van der Waals surface area contributed by atoms with Crippen LogP contribution in [0.4, 0.5) is 5.69 Å². The van der Waals surface area contributed by atoms with E-state index in [4.69, 9.17) is 0 Å². The molecule has 1 fully saturated rings. The van der Waals surface area contributed by atoms with E-state index < -0.39 is 6.10 Å². The van der Waals surface area contributed by atoms with Crippen molar-refractivity contribution in [3.63, 3.8) is 0 Å². The Bertz CT molecular complexity index is 1110. The first-order chi connectivity index (χ1) is 17.4. The molecule has 0 aliphatic carbocycles. The molecular weight excluding hydrogens is 452 g/mol. The molecule has 2 amide bonds. The molecule has 0 bridgehead atoms. The molecule has 0 radical (unpaired) electrons. The first-order valence-electron chi connectivity index (χ1n) is 13.2. The second-order valence-electron chi connectivity index (χ2n) is 10.7. The molecular formula is C29H38N4O3. The molecule has 2 aromatic carbocycles. The molecule has 1 atom stereocenters. The Morgan fingerprint density at radius 2 is 1.69 bits per heavy atom. The fraction of sp³-hybridized carbons (Fsp3) is 0.517. The van der Waals surface area contributed by atoms with Gasteiger partial charge in [-0.3, -0.25) is 14.5 Å². The van der Waals surface area contributed by atoms with Gasteiger partial charge in [-0.15, -0.1) is 0 Å². The Morgan fingerprint density at radius 3 is 2.44 bits per heavy atom. The van der Waals surface area contributed by atoms with E-state index in [2.05, 4.69) is 40.1 Å². The minimum absolute atomic E-state index is 0.0149. The summed E-state index contributed by atoms with van der Waals surface area (Å²) < 4.78 is 0. The molecule has 0 aromatic heterocycles. The second kappa shape index (κ2) is 10.6. The van der Waals surface area contributed by atoms with Crippen molar-refractivity contribution in [2.45, 2.75) is 38.3 Å². The number of fused-ring (bicyclic) bond motifs is 2. The second-order valence-corrected chi connectivity index (χ2v) is 10.7. The zero-order chi connectivity index (χ0) is 25.2. The Balaban J connectivity index is 1.16. The van der Waals surface area contributed by atoms with Gasteiger partial charge in [0.15, 0.2) is 0 Å². The molecule has 7 heteroatoms. The summed E-state index contributed by atoms with van der Waals surface area (Å²) in [7, 11) is 3.65. The van der Waals surface area contributed by atoms with Crippen molar-refractivity contribution in [1.29, 1.82) is 0 Å². The third-order valence-electron chi connectivity index (χ3n) is 8.02. The number of benzene rings is 2. The van der Waals surface area contributed by atoms with Crippen LogP contribution in [0, 0.1) is 5.92 Å². The van der Waals surface area contributed by atoms with E-state index in [0.29, 0.717) is 19.6 Å². The summed E-state index contributed by atoms with van der Waals surface area (Å²) in [6.07, 6.45) is 2.97. The van der Waals surface area contributed by atoms with Gasteiger partial charge in [0.1, 0.15) is 0 Å². The molecule has 36 heavy (non-hydrogen) atoms. The summed E-state index contributed by atoms with van der Waals surface area (Å²) in [5, 5.41) is 10.8. The summed E-state index contributed by atoms with van der Waals surface area (Å²) in [6.45, 7) is 5.09. The van der Waals surface area contributed by atoms with Crippen molar-refractivity contribution in [1.82, 2.24) is 14.7 Å². The first kappa shape index (κ1) is 24.8. The summed E-state index contributed by atoms with van der Waals surface area (Å²) >= 11 is 0. The van der Waals surface area contributed by atoms with Gasteiger partial charge >= 0.3 is 0 Å². The zero-order valence-corrected chi connectivity index (χ0v) is 21.5. The van der Waals surface area contributed by atoms with E-state index in [0.717, 1.165) is 68.7 Å². The van der Waals surface area contributed by atoms with Crippen LogP contribution in [0.3, 0.4) is 0 Å². The van der Waals surface area contributed by atoms with Gasteiger partial charge in [0.2, 0.25) is 5.91 Å². The first-order valence-corrected chi connectivity index (χ1v) is 13.2. The maximum absolute atomic E-state index is 13.2. The summed E-state index contributed by atoms with van der Waals surface area (Å²) in [6, 6.07) is 14.6. The van der Waals surface area contributed by atoms with Crippen LogP contribution in [0.1, 0.15) is 39.9 Å². The maximum Gasteiger partial charge on any atom is 0.254 e. The lowest BCUT2D eigenvalue weighted by atomic mass is 9.93. The number of rotatable bonds is 6. The fourth-order valence-electron chi connectivity index (χ4n) is 5.96. The largest absolute Gasteiger partial charge is 0.390 e. The number of hydrogen-bond donors (Lipinski definition) is 1. The highest BCUT2D eigenvalue weighted by atomic mass is 16.3. The van der Waals surface area contributed by atoms with Gasteiger partial charge in [0, 0.05) is 77.1 Å². The van der Waals surface area contributed by atoms with Gasteiger partial charge in [0.05, 0.1) is 6.10 Å². The van der Waals surface area contributed by atoms with Crippen molar-refractivity contribution >= 4 is 17.5 Å². The monoisotopic (exact) mass is 490 g/mol. The normalized spacial score (nSPS) is 19.6. The van der Waals surface area contributed by atoms with Crippen LogP contribution in [0.25, 0.3) is 0 Å². The standard InChI is InChI=1S/C29H38N4O3/c1-30(2)28(35)22-10-14-32(15-11-22)25-7-8-27-23(17-25)12-16-33(29(27)36)20-26(34)19-31-13-9-21-5-3-4-6-24(21)18-31/h3-8,17,22,26,34H,9-16,18-20H2,1-2H3/t26-/m1/s1. The van der Waals surface area contributed by atoms with Crippen LogP contribution in [0.5, 0.6) is 0 Å². The predicted octanol–water partition coefficient (Wildman–Crippen LogP) is 2.41. The van der Waals surface area contributed by atoms with Crippen molar-refractivity contribution in [3.8, 4) is 0 Å². The zero-order valence-electron chi connectivity index (χ0n) is 21.5. The Morgan fingerprint density at radius 1 is 0.972 bits per heavy atom. The Hall–Kier alpha value is -2.90. The Kier molecular flexibility index (Phi) is 7.30. The van der Waals surface area contributed by atoms with Gasteiger partial charge in [0.25, 0.3) is 5.91 Å². The fourth-order valence-corrected chi connectivity index (χ4v) is 5.96. The smallest absolute Gasteiger partial charge is 0.254 e. The van der Waals surface area contributed by atoms with E-state index in [9.17, 15) is 14.7 Å². The summed E-state index contributed by atoms with van der Waals surface area (Å²) in [5.74, 6) is 0.342. The average Bonchev–Trinajstić information content (AvgIpc) is 2.89. The molecule has 3 aliphatic rings. The van der Waals surface area contributed by atoms with Crippen LogP contribution >= 0.6 is 0 Å². The summed E-state index contributed by atoms with van der Waals surface area (Å²) in [5.41, 5.74) is 5.71. The molecule has 3 heterocycles. The SMILES string of the molecule is CN(C)C(=O)C1CCN(c2ccc3c(c2)CCN(C[C@H](O)CN2CCc4ccccc4C2)C3=O)CC1. The van der Waals surface area contributed by atoms with Crippen LogP contribution < -0.4 is 4.90 Å². The highest BCUT2D eigenvalue weighted by molar-refractivity contribution is 5.97. The number of carbonyl (C=O) groups is 2. The van der Waals surface area contributed by atoms with Crippen molar-refractivity contribution < 1.29 is 14.7 Å². The molecule has 0 spiro atoms. The predicted molar refractivity (Wildman–Crippen MR) is 141 cm³/mol. The van der Waals surface area contributed by atoms with Crippen LogP contribution in [0.2, 0.25) is 0 Å². The third-order valence-corrected chi connectivity index (χ3v) is 8.02. The van der Waals surface area contributed by atoms with Gasteiger partial charge in [-0.25, -0.2) is 0 Å². The number of aliphatic hydroxyl groups is 1. The van der Waals surface area contributed by atoms with Gasteiger partial charge < -0.3 is 19.8 Å². The lowest BCUT2D eigenvalue weighted by Crippen LogP contribution is -2.46. The average molecular weight is 491 g/mol. The van der Waals surface area contributed by atoms with Crippen molar-refractivity contribution in [3.05, 3.63) is 64.7 Å². The number of hydrogen-bond acceptors (Lipinski definition) is 5.